The van der Waals surface area contributed by atoms with Crippen LogP contribution in [0.3, 0.4) is 0 Å². The number of likely N-dealkylation sites (tertiary alicyclic amines) is 1. The molecule has 1 N–H and O–H groups in total. The summed E-state index contributed by atoms with van der Waals surface area (Å²) < 4.78 is 32.7. The number of nitrogens with one attached hydrogen (secondary N) is 1. The van der Waals surface area contributed by atoms with Crippen LogP contribution in [-0.4, -0.2) is 45.1 Å². The lowest BCUT2D eigenvalue weighted by Crippen LogP contribution is -2.44. The van der Waals surface area contributed by atoms with Crippen LogP contribution in [0.15, 0.2) is 47.2 Å². The van der Waals surface area contributed by atoms with E-state index in [1.165, 1.54) is 6.07 Å². The molecule has 0 atom stereocenters. The molecule has 0 spiro atoms. The summed E-state index contributed by atoms with van der Waals surface area (Å²) in [5.41, 5.74) is 0.257. The SMILES string of the molecule is O=C(c1cccnc1)N1CCC(NCc2noc(-c3c(F)cccc3F)n2)CC1. The van der Waals surface area contributed by atoms with Crippen LogP contribution in [0.25, 0.3) is 11.5 Å². The predicted molar refractivity (Wildman–Crippen MR) is 99.7 cm³/mol. The van der Waals surface area contributed by atoms with Crippen molar-refractivity contribution in [1.29, 1.82) is 0 Å². The highest BCUT2D eigenvalue weighted by molar-refractivity contribution is 5.93. The van der Waals surface area contributed by atoms with Gasteiger partial charge in [0.2, 0.25) is 0 Å². The number of piperidine rings is 1. The van der Waals surface area contributed by atoms with E-state index in [2.05, 4.69) is 20.4 Å². The van der Waals surface area contributed by atoms with Crippen molar-refractivity contribution in [2.75, 3.05) is 13.1 Å². The van der Waals surface area contributed by atoms with Crippen LogP contribution < -0.4 is 5.32 Å². The van der Waals surface area contributed by atoms with Gasteiger partial charge in [0.05, 0.1) is 12.1 Å². The van der Waals surface area contributed by atoms with E-state index in [-0.39, 0.29) is 23.4 Å². The summed E-state index contributed by atoms with van der Waals surface area (Å²) in [5, 5.41) is 7.10. The Labute approximate surface area is 165 Å². The largest absolute Gasteiger partial charge is 0.338 e. The van der Waals surface area contributed by atoms with E-state index in [0.717, 1.165) is 25.0 Å². The fourth-order valence-corrected chi connectivity index (χ4v) is 3.32. The number of pyridine rings is 1. The molecule has 1 aromatic carbocycles. The smallest absolute Gasteiger partial charge is 0.263 e. The standard InChI is InChI=1S/C20H19F2N5O2/c21-15-4-1-5-16(22)18(15)19-25-17(26-29-19)12-24-14-6-9-27(10-7-14)20(28)13-3-2-8-23-11-13/h1-5,8,11,14,24H,6-7,9-10,12H2. The number of benzene rings is 1. The Bertz CT molecular complexity index is 967. The molecule has 0 bridgehead atoms. The molecule has 4 rings (SSSR count). The summed E-state index contributed by atoms with van der Waals surface area (Å²) in [4.78, 5) is 22.3. The van der Waals surface area contributed by atoms with E-state index < -0.39 is 11.6 Å². The summed E-state index contributed by atoms with van der Waals surface area (Å²) in [6, 6.07) is 7.24. The van der Waals surface area contributed by atoms with E-state index in [1.807, 2.05) is 4.90 Å². The third-order valence-corrected chi connectivity index (χ3v) is 4.88. The maximum absolute atomic E-state index is 13.8. The van der Waals surface area contributed by atoms with Crippen molar-refractivity contribution in [3.8, 4) is 11.5 Å². The van der Waals surface area contributed by atoms with E-state index in [0.29, 0.717) is 31.0 Å². The van der Waals surface area contributed by atoms with E-state index in [4.69, 9.17) is 4.52 Å². The molecule has 29 heavy (non-hydrogen) atoms. The van der Waals surface area contributed by atoms with Gasteiger partial charge in [0, 0.05) is 31.5 Å². The first-order valence-corrected chi connectivity index (χ1v) is 9.31. The number of rotatable bonds is 5. The van der Waals surface area contributed by atoms with Crippen LogP contribution >= 0.6 is 0 Å². The second-order valence-electron chi connectivity index (χ2n) is 6.80. The van der Waals surface area contributed by atoms with Crippen molar-refractivity contribution < 1.29 is 18.1 Å². The lowest BCUT2D eigenvalue weighted by atomic mass is 10.0. The van der Waals surface area contributed by atoms with Crippen LogP contribution in [0.2, 0.25) is 0 Å². The average Bonchev–Trinajstić information content (AvgIpc) is 3.21. The van der Waals surface area contributed by atoms with Crippen LogP contribution in [0.1, 0.15) is 29.0 Å². The summed E-state index contributed by atoms with van der Waals surface area (Å²) >= 11 is 0. The molecule has 1 aliphatic rings. The summed E-state index contributed by atoms with van der Waals surface area (Å²) in [7, 11) is 0. The van der Waals surface area contributed by atoms with E-state index in [9.17, 15) is 13.6 Å². The molecule has 0 aliphatic carbocycles. The molecule has 0 unspecified atom stereocenters. The Morgan fingerprint density at radius 2 is 1.93 bits per heavy atom. The highest BCUT2D eigenvalue weighted by atomic mass is 19.1. The summed E-state index contributed by atoms with van der Waals surface area (Å²) in [6.45, 7) is 1.56. The van der Waals surface area contributed by atoms with Gasteiger partial charge in [-0.3, -0.25) is 9.78 Å². The summed E-state index contributed by atoms with van der Waals surface area (Å²) in [5.74, 6) is -1.39. The van der Waals surface area contributed by atoms with Gasteiger partial charge in [-0.1, -0.05) is 11.2 Å². The zero-order valence-corrected chi connectivity index (χ0v) is 15.5. The number of carbonyl (C=O) groups excluding carboxylic acids is 1. The minimum Gasteiger partial charge on any atom is -0.338 e. The van der Waals surface area contributed by atoms with Gasteiger partial charge in [-0.05, 0) is 37.1 Å². The molecule has 1 aliphatic heterocycles. The Morgan fingerprint density at radius 3 is 2.62 bits per heavy atom. The van der Waals surface area contributed by atoms with Gasteiger partial charge in [0.25, 0.3) is 11.8 Å². The van der Waals surface area contributed by atoms with Crippen molar-refractivity contribution in [2.45, 2.75) is 25.4 Å². The number of carbonyl (C=O) groups is 1. The van der Waals surface area contributed by atoms with Gasteiger partial charge in [0.1, 0.15) is 17.2 Å². The first kappa shape index (κ1) is 19.1. The van der Waals surface area contributed by atoms with Crippen molar-refractivity contribution in [3.05, 3.63) is 65.7 Å². The lowest BCUT2D eigenvalue weighted by Gasteiger charge is -2.32. The molecule has 150 valence electrons. The quantitative estimate of drug-likeness (QED) is 0.710. The molecule has 1 fully saturated rings. The minimum absolute atomic E-state index is 0.0220. The Morgan fingerprint density at radius 1 is 1.17 bits per heavy atom. The van der Waals surface area contributed by atoms with Crippen LogP contribution in [0.4, 0.5) is 8.78 Å². The Kier molecular flexibility index (Phi) is 5.57. The maximum Gasteiger partial charge on any atom is 0.263 e. The van der Waals surface area contributed by atoms with Gasteiger partial charge in [-0.15, -0.1) is 0 Å². The Hall–Kier alpha value is -3.20. The number of hydrogen-bond acceptors (Lipinski definition) is 6. The highest BCUT2D eigenvalue weighted by Gasteiger charge is 2.24. The molecule has 0 radical (unpaired) electrons. The molecule has 1 saturated heterocycles. The van der Waals surface area contributed by atoms with E-state index in [1.54, 1.807) is 24.5 Å². The number of nitrogens with zero attached hydrogens (tertiary/aromatic N) is 4. The lowest BCUT2D eigenvalue weighted by molar-refractivity contribution is 0.0704. The zero-order chi connectivity index (χ0) is 20.2. The van der Waals surface area contributed by atoms with E-state index >= 15 is 0 Å². The topological polar surface area (TPSA) is 84.2 Å². The number of amides is 1. The van der Waals surface area contributed by atoms with Crippen LogP contribution in [-0.2, 0) is 6.54 Å². The predicted octanol–water partition coefficient (Wildman–Crippen LogP) is 2.80. The first-order chi connectivity index (χ1) is 14.1. The van der Waals surface area contributed by atoms with Gasteiger partial charge < -0.3 is 14.7 Å². The molecule has 7 nitrogen and oxygen atoms in total. The molecule has 2 aromatic heterocycles. The third-order valence-electron chi connectivity index (χ3n) is 4.88. The summed E-state index contributed by atoms with van der Waals surface area (Å²) in [6.07, 6.45) is 4.76. The van der Waals surface area contributed by atoms with Crippen molar-refractivity contribution in [2.24, 2.45) is 0 Å². The van der Waals surface area contributed by atoms with Gasteiger partial charge >= 0.3 is 0 Å². The van der Waals surface area contributed by atoms with Crippen molar-refractivity contribution in [3.63, 3.8) is 0 Å². The second-order valence-corrected chi connectivity index (χ2v) is 6.80. The van der Waals surface area contributed by atoms with Gasteiger partial charge in [-0.25, -0.2) is 8.78 Å². The molecule has 9 heteroatoms. The van der Waals surface area contributed by atoms with Crippen molar-refractivity contribution in [1.82, 2.24) is 25.3 Å². The fourth-order valence-electron chi connectivity index (χ4n) is 3.32. The van der Waals surface area contributed by atoms with Crippen molar-refractivity contribution >= 4 is 5.91 Å². The maximum atomic E-state index is 13.8. The molecule has 0 saturated carbocycles. The normalized spacial score (nSPS) is 14.9. The van der Waals surface area contributed by atoms with Crippen LogP contribution in [0, 0.1) is 11.6 Å². The first-order valence-electron chi connectivity index (χ1n) is 9.31. The molecule has 1 amide bonds. The third kappa shape index (κ3) is 4.29. The monoisotopic (exact) mass is 399 g/mol. The second kappa shape index (κ2) is 8.44. The number of aromatic nitrogens is 3. The number of hydrogen-bond donors (Lipinski definition) is 1. The van der Waals surface area contributed by atoms with Gasteiger partial charge in [-0.2, -0.15) is 4.98 Å². The fraction of sp³-hybridized carbons (Fsp3) is 0.300. The Balaban J connectivity index is 1.30. The molecule has 3 aromatic rings. The zero-order valence-electron chi connectivity index (χ0n) is 15.5. The molecular formula is C20H19F2N5O2. The molecular weight excluding hydrogens is 380 g/mol. The number of halogens is 2. The molecule has 3 heterocycles. The van der Waals surface area contributed by atoms with Crippen LogP contribution in [0.5, 0.6) is 0 Å². The highest BCUT2D eigenvalue weighted by Crippen LogP contribution is 2.24. The van der Waals surface area contributed by atoms with Gasteiger partial charge in [0.15, 0.2) is 5.82 Å². The minimum atomic E-state index is -0.751. The average molecular weight is 399 g/mol.